The third kappa shape index (κ3) is 6.45. The lowest BCUT2D eigenvalue weighted by Gasteiger charge is -2.34. The molecule has 5 amide bonds. The maximum Gasteiger partial charge on any atom is 0.343 e. The highest BCUT2D eigenvalue weighted by atomic mass is 79.9. The van der Waals surface area contributed by atoms with Crippen molar-refractivity contribution >= 4 is 74.4 Å². The fraction of sp³-hybridized carbons (Fsp3) is 0.0625. The molecule has 0 aliphatic carbocycles. The van der Waals surface area contributed by atoms with Gasteiger partial charge in [0.05, 0.1) is 23.0 Å². The van der Waals surface area contributed by atoms with Gasteiger partial charge in [-0.25, -0.2) is 14.6 Å². The Labute approximate surface area is 260 Å². The van der Waals surface area contributed by atoms with Gasteiger partial charge in [-0.1, -0.05) is 48.0 Å². The molecule has 9 nitrogen and oxygen atoms in total. The number of methoxy groups -OCH3 is 1. The monoisotopic (exact) mass is 659 g/mol. The van der Waals surface area contributed by atoms with Crippen molar-refractivity contribution in [1.29, 1.82) is 0 Å². The average Bonchev–Trinajstić information content (AvgIpc) is 3.01. The molecule has 0 radical (unpaired) electrons. The van der Waals surface area contributed by atoms with E-state index in [1.54, 1.807) is 97.1 Å². The van der Waals surface area contributed by atoms with Crippen molar-refractivity contribution in [3.63, 3.8) is 0 Å². The first-order valence-corrected chi connectivity index (χ1v) is 14.0. The smallest absolute Gasteiger partial charge is 0.343 e. The Bertz CT molecular complexity index is 1670. The molecule has 0 atom stereocenters. The Morgan fingerprint density at radius 2 is 1.42 bits per heavy atom. The molecule has 0 spiro atoms. The first-order valence-electron chi connectivity index (χ1n) is 12.9. The van der Waals surface area contributed by atoms with Gasteiger partial charge < -0.3 is 14.8 Å². The quantitative estimate of drug-likeness (QED) is 0.166. The molecule has 1 aliphatic heterocycles. The van der Waals surface area contributed by atoms with Crippen LogP contribution in [0.1, 0.15) is 5.56 Å². The van der Waals surface area contributed by atoms with Crippen LogP contribution in [-0.4, -0.2) is 37.5 Å². The molecule has 0 aromatic heterocycles. The van der Waals surface area contributed by atoms with Crippen LogP contribution in [0.5, 0.6) is 11.5 Å². The van der Waals surface area contributed by atoms with Crippen molar-refractivity contribution in [3.05, 3.63) is 118 Å². The first-order chi connectivity index (χ1) is 20.8. The summed E-state index contributed by atoms with van der Waals surface area (Å²) in [6, 6.07) is 25.8. The summed E-state index contributed by atoms with van der Waals surface area (Å²) in [7, 11) is 1.42. The lowest BCUT2D eigenvalue weighted by Crippen LogP contribution is -2.57. The summed E-state index contributed by atoms with van der Waals surface area (Å²) in [6.45, 7) is -0.324. The number of urea groups is 1. The van der Waals surface area contributed by atoms with Crippen molar-refractivity contribution in [2.75, 3.05) is 28.8 Å². The molecule has 4 aromatic carbocycles. The number of barbiturate groups is 1. The van der Waals surface area contributed by atoms with E-state index >= 15 is 0 Å². The van der Waals surface area contributed by atoms with E-state index in [9.17, 15) is 19.2 Å². The van der Waals surface area contributed by atoms with Gasteiger partial charge in [-0.2, -0.15) is 0 Å². The van der Waals surface area contributed by atoms with Gasteiger partial charge in [-0.15, -0.1) is 0 Å². The van der Waals surface area contributed by atoms with Crippen LogP contribution >= 0.6 is 27.5 Å². The standard InChI is InChI=1S/C32H23BrClN3O6/c1-42-27-18-20(17-26(33)29(27)43-19-28(38)35-22-14-12-21(34)13-15-22)16-25-30(39)36(23-8-4-2-5-9-23)32(41)37(31(25)40)24-10-6-3-7-11-24/h2-18H,19H2,1H3,(H,35,38). The molecular weight excluding hydrogens is 638 g/mol. The van der Waals surface area contributed by atoms with Gasteiger partial charge in [0.15, 0.2) is 18.1 Å². The minimum Gasteiger partial charge on any atom is -0.493 e. The SMILES string of the molecule is COc1cc(C=C2C(=O)N(c3ccccc3)C(=O)N(c3ccccc3)C2=O)cc(Br)c1OCC(=O)Nc1ccc(Cl)cc1. The predicted octanol–water partition coefficient (Wildman–Crippen LogP) is 6.71. The van der Waals surface area contributed by atoms with E-state index in [0.29, 0.717) is 32.1 Å². The number of amides is 5. The summed E-state index contributed by atoms with van der Waals surface area (Å²) in [5.74, 6) is -1.48. The summed E-state index contributed by atoms with van der Waals surface area (Å²) < 4.78 is 11.6. The summed E-state index contributed by atoms with van der Waals surface area (Å²) in [5, 5.41) is 3.25. The highest BCUT2D eigenvalue weighted by molar-refractivity contribution is 9.10. The largest absolute Gasteiger partial charge is 0.493 e. The highest BCUT2D eigenvalue weighted by Crippen LogP contribution is 2.38. The van der Waals surface area contributed by atoms with Gasteiger partial charge >= 0.3 is 6.03 Å². The third-order valence-electron chi connectivity index (χ3n) is 6.32. The minimum absolute atomic E-state index is 0.239. The molecule has 1 heterocycles. The topological polar surface area (TPSA) is 105 Å². The number of anilines is 3. The first kappa shape index (κ1) is 29.6. The van der Waals surface area contributed by atoms with Crippen molar-refractivity contribution in [1.82, 2.24) is 0 Å². The molecule has 5 rings (SSSR count). The zero-order valence-electron chi connectivity index (χ0n) is 22.6. The van der Waals surface area contributed by atoms with Crippen LogP contribution in [0.25, 0.3) is 6.08 Å². The lowest BCUT2D eigenvalue weighted by molar-refractivity contribution is -0.121. The number of carbonyl (C=O) groups excluding carboxylic acids is 4. The summed E-state index contributed by atoms with van der Waals surface area (Å²) in [5.41, 5.74) is 1.36. The Hall–Kier alpha value is -4.93. The number of nitrogens with zero attached hydrogens (tertiary/aromatic N) is 2. The fourth-order valence-electron chi connectivity index (χ4n) is 4.34. The number of hydrogen-bond acceptors (Lipinski definition) is 6. The van der Waals surface area contributed by atoms with Gasteiger partial charge in [0, 0.05) is 10.7 Å². The minimum atomic E-state index is -0.788. The van der Waals surface area contributed by atoms with E-state index in [1.807, 2.05) is 0 Å². The second-order valence-corrected chi connectivity index (χ2v) is 10.5. The van der Waals surface area contributed by atoms with E-state index in [1.165, 1.54) is 13.2 Å². The van der Waals surface area contributed by atoms with Crippen LogP contribution < -0.4 is 24.6 Å². The van der Waals surface area contributed by atoms with Crippen molar-refractivity contribution < 1.29 is 28.7 Å². The maximum atomic E-state index is 13.7. The zero-order chi connectivity index (χ0) is 30.5. The predicted molar refractivity (Wildman–Crippen MR) is 167 cm³/mol. The molecule has 0 unspecified atom stereocenters. The summed E-state index contributed by atoms with van der Waals surface area (Å²) in [4.78, 5) is 55.2. The number of rotatable bonds is 8. The molecule has 11 heteroatoms. The van der Waals surface area contributed by atoms with E-state index in [4.69, 9.17) is 21.1 Å². The average molecular weight is 661 g/mol. The molecule has 216 valence electrons. The zero-order valence-corrected chi connectivity index (χ0v) is 25.0. The van der Waals surface area contributed by atoms with E-state index in [2.05, 4.69) is 21.2 Å². The molecule has 4 aromatic rings. The van der Waals surface area contributed by atoms with Crippen LogP contribution in [0, 0.1) is 0 Å². The van der Waals surface area contributed by atoms with E-state index in [-0.39, 0.29) is 23.7 Å². The van der Waals surface area contributed by atoms with Gasteiger partial charge in [-0.05, 0) is 88.2 Å². The number of nitrogens with one attached hydrogen (secondary N) is 1. The Morgan fingerprint density at radius 1 is 0.860 bits per heavy atom. The second kappa shape index (κ2) is 12.9. The number of ether oxygens (including phenoxy) is 2. The fourth-order valence-corrected chi connectivity index (χ4v) is 5.04. The molecule has 1 saturated heterocycles. The van der Waals surface area contributed by atoms with Gasteiger partial charge in [-0.3, -0.25) is 14.4 Å². The van der Waals surface area contributed by atoms with Gasteiger partial charge in [0.2, 0.25) is 0 Å². The van der Waals surface area contributed by atoms with Crippen LogP contribution in [0.3, 0.4) is 0 Å². The number of carbonyl (C=O) groups is 4. The van der Waals surface area contributed by atoms with Crippen LogP contribution in [0.15, 0.2) is 107 Å². The van der Waals surface area contributed by atoms with Crippen molar-refractivity contribution in [2.24, 2.45) is 0 Å². The molecule has 1 N–H and O–H groups in total. The molecule has 1 fully saturated rings. The highest BCUT2D eigenvalue weighted by Gasteiger charge is 2.43. The van der Waals surface area contributed by atoms with Crippen LogP contribution in [0.2, 0.25) is 5.02 Å². The summed E-state index contributed by atoms with van der Waals surface area (Å²) in [6.07, 6.45) is 1.38. The Balaban J connectivity index is 1.45. The maximum absolute atomic E-state index is 13.7. The third-order valence-corrected chi connectivity index (χ3v) is 7.16. The van der Waals surface area contributed by atoms with Gasteiger partial charge in [0.1, 0.15) is 5.57 Å². The Kier molecular flexibility index (Phi) is 8.89. The number of hydrogen-bond donors (Lipinski definition) is 1. The summed E-state index contributed by atoms with van der Waals surface area (Å²) >= 11 is 9.33. The van der Waals surface area contributed by atoms with E-state index < -0.39 is 23.8 Å². The Morgan fingerprint density at radius 3 is 1.95 bits per heavy atom. The molecule has 0 saturated carbocycles. The number of halogens is 2. The number of para-hydroxylation sites is 2. The molecule has 43 heavy (non-hydrogen) atoms. The van der Waals surface area contributed by atoms with Crippen molar-refractivity contribution in [3.8, 4) is 11.5 Å². The van der Waals surface area contributed by atoms with Gasteiger partial charge in [0.25, 0.3) is 17.7 Å². The normalized spacial score (nSPS) is 13.2. The van der Waals surface area contributed by atoms with E-state index in [0.717, 1.165) is 9.80 Å². The number of imide groups is 2. The van der Waals surface area contributed by atoms with Crippen LogP contribution in [0.4, 0.5) is 21.9 Å². The molecule has 1 aliphatic rings. The molecule has 0 bridgehead atoms. The molecular formula is C32H23BrClN3O6. The van der Waals surface area contributed by atoms with Crippen LogP contribution in [-0.2, 0) is 14.4 Å². The lowest BCUT2D eigenvalue weighted by atomic mass is 10.0. The van der Waals surface area contributed by atoms with Crippen molar-refractivity contribution in [2.45, 2.75) is 0 Å². The second-order valence-electron chi connectivity index (χ2n) is 9.17. The number of benzene rings is 4.